The molecular weight excluding hydrogens is 210 g/mol. The first-order valence-corrected chi connectivity index (χ1v) is 6.67. The highest BCUT2D eigenvalue weighted by Gasteiger charge is 2.26. The van der Waals surface area contributed by atoms with Crippen molar-refractivity contribution in [3.63, 3.8) is 0 Å². The minimum Gasteiger partial charge on any atom is -0.381 e. The van der Waals surface area contributed by atoms with Gasteiger partial charge in [-0.05, 0) is 31.2 Å². The van der Waals surface area contributed by atoms with Crippen LogP contribution >= 0.6 is 0 Å². The van der Waals surface area contributed by atoms with Crippen molar-refractivity contribution in [3.05, 3.63) is 35.9 Å². The standard InChI is InChI=1S/C15H23NO/c1-3-15(12-7-5-4-6-8-12)16-13-9-10-14(11-13)17-2/h4-8,13-16H,3,9-11H2,1-2H3. The largest absolute Gasteiger partial charge is 0.381 e. The number of benzene rings is 1. The molecule has 0 heterocycles. The van der Waals surface area contributed by atoms with E-state index in [4.69, 9.17) is 4.74 Å². The summed E-state index contributed by atoms with van der Waals surface area (Å²) in [4.78, 5) is 0. The molecule has 0 amide bonds. The Bertz CT molecular complexity index is 325. The van der Waals surface area contributed by atoms with Crippen LogP contribution < -0.4 is 5.32 Å². The second-order valence-corrected chi connectivity index (χ2v) is 4.91. The van der Waals surface area contributed by atoms with Crippen LogP contribution in [0.15, 0.2) is 30.3 Å². The van der Waals surface area contributed by atoms with Crippen molar-refractivity contribution in [1.29, 1.82) is 0 Å². The molecule has 1 fully saturated rings. The Morgan fingerprint density at radius 1 is 1.29 bits per heavy atom. The van der Waals surface area contributed by atoms with Crippen LogP contribution in [0.1, 0.15) is 44.2 Å². The van der Waals surface area contributed by atoms with E-state index in [2.05, 4.69) is 42.6 Å². The molecule has 2 nitrogen and oxygen atoms in total. The van der Waals surface area contributed by atoms with E-state index >= 15 is 0 Å². The summed E-state index contributed by atoms with van der Waals surface area (Å²) in [6, 6.07) is 11.8. The SMILES string of the molecule is CCC(NC1CCC(OC)C1)c1ccccc1. The van der Waals surface area contributed by atoms with Gasteiger partial charge in [0.2, 0.25) is 0 Å². The summed E-state index contributed by atoms with van der Waals surface area (Å²) in [5.74, 6) is 0. The Balaban J connectivity index is 1.92. The van der Waals surface area contributed by atoms with Crippen molar-refractivity contribution in [2.75, 3.05) is 7.11 Å². The number of hydrogen-bond acceptors (Lipinski definition) is 2. The molecule has 0 aliphatic heterocycles. The van der Waals surface area contributed by atoms with E-state index in [-0.39, 0.29) is 0 Å². The van der Waals surface area contributed by atoms with Gasteiger partial charge < -0.3 is 10.1 Å². The fourth-order valence-electron chi connectivity index (χ4n) is 2.73. The smallest absolute Gasteiger partial charge is 0.0586 e. The molecule has 94 valence electrons. The van der Waals surface area contributed by atoms with Gasteiger partial charge in [0.05, 0.1) is 6.10 Å². The van der Waals surface area contributed by atoms with Gasteiger partial charge in [-0.2, -0.15) is 0 Å². The zero-order valence-electron chi connectivity index (χ0n) is 10.9. The number of methoxy groups -OCH3 is 1. The molecule has 1 saturated carbocycles. The molecule has 17 heavy (non-hydrogen) atoms. The second kappa shape index (κ2) is 6.18. The molecule has 0 spiro atoms. The molecule has 0 radical (unpaired) electrons. The molecule has 3 unspecified atom stereocenters. The minimum absolute atomic E-state index is 0.459. The van der Waals surface area contributed by atoms with Crippen LogP contribution in [0.4, 0.5) is 0 Å². The second-order valence-electron chi connectivity index (χ2n) is 4.91. The van der Waals surface area contributed by atoms with Gasteiger partial charge in [0.25, 0.3) is 0 Å². The molecule has 0 bridgehead atoms. The van der Waals surface area contributed by atoms with Crippen LogP contribution in [0.5, 0.6) is 0 Å². The van der Waals surface area contributed by atoms with Crippen molar-refractivity contribution < 1.29 is 4.74 Å². The van der Waals surface area contributed by atoms with Crippen molar-refractivity contribution in [2.45, 2.75) is 50.8 Å². The van der Waals surface area contributed by atoms with Crippen molar-refractivity contribution in [1.82, 2.24) is 5.32 Å². The molecule has 2 rings (SSSR count). The van der Waals surface area contributed by atoms with Crippen molar-refractivity contribution in [3.8, 4) is 0 Å². The molecule has 0 aromatic heterocycles. The quantitative estimate of drug-likeness (QED) is 0.842. The zero-order valence-corrected chi connectivity index (χ0v) is 10.9. The van der Waals surface area contributed by atoms with Gasteiger partial charge in [0.15, 0.2) is 0 Å². The van der Waals surface area contributed by atoms with E-state index in [1.807, 2.05) is 7.11 Å². The molecule has 1 aromatic rings. The maximum atomic E-state index is 5.42. The van der Waals surface area contributed by atoms with Crippen molar-refractivity contribution in [2.24, 2.45) is 0 Å². The molecule has 1 aliphatic rings. The van der Waals surface area contributed by atoms with E-state index in [0.29, 0.717) is 18.2 Å². The fourth-order valence-corrected chi connectivity index (χ4v) is 2.73. The lowest BCUT2D eigenvalue weighted by atomic mass is 10.0. The van der Waals surface area contributed by atoms with Gasteiger partial charge in [-0.3, -0.25) is 0 Å². The van der Waals surface area contributed by atoms with Crippen LogP contribution in [0.25, 0.3) is 0 Å². The van der Waals surface area contributed by atoms with E-state index in [1.54, 1.807) is 0 Å². The number of hydrogen-bond donors (Lipinski definition) is 1. The van der Waals surface area contributed by atoms with Crippen LogP contribution in [0.2, 0.25) is 0 Å². The third-order valence-electron chi connectivity index (χ3n) is 3.76. The summed E-state index contributed by atoms with van der Waals surface area (Å²) in [5.41, 5.74) is 1.40. The number of rotatable bonds is 5. The predicted molar refractivity (Wildman–Crippen MR) is 71.0 cm³/mol. The van der Waals surface area contributed by atoms with Crippen LogP contribution in [0.3, 0.4) is 0 Å². The highest BCUT2D eigenvalue weighted by atomic mass is 16.5. The molecule has 1 N–H and O–H groups in total. The Kier molecular flexibility index (Phi) is 4.57. The minimum atomic E-state index is 0.459. The summed E-state index contributed by atoms with van der Waals surface area (Å²) in [7, 11) is 1.82. The third-order valence-corrected chi connectivity index (χ3v) is 3.76. The maximum Gasteiger partial charge on any atom is 0.0586 e. The van der Waals surface area contributed by atoms with Crippen LogP contribution in [0, 0.1) is 0 Å². The molecule has 1 aliphatic carbocycles. The Morgan fingerprint density at radius 2 is 2.06 bits per heavy atom. The van der Waals surface area contributed by atoms with E-state index in [9.17, 15) is 0 Å². The molecule has 1 aromatic carbocycles. The van der Waals surface area contributed by atoms with E-state index in [1.165, 1.54) is 18.4 Å². The average Bonchev–Trinajstić information content (AvgIpc) is 2.84. The van der Waals surface area contributed by atoms with Crippen LogP contribution in [-0.2, 0) is 4.74 Å². The number of ether oxygens (including phenoxy) is 1. The van der Waals surface area contributed by atoms with Gasteiger partial charge in [-0.1, -0.05) is 37.3 Å². The predicted octanol–water partition coefficient (Wildman–Crippen LogP) is 3.29. The first-order chi connectivity index (χ1) is 8.33. The lowest BCUT2D eigenvalue weighted by Gasteiger charge is -2.22. The molecular formula is C15H23NO. The summed E-state index contributed by atoms with van der Waals surface area (Å²) < 4.78 is 5.42. The first-order valence-electron chi connectivity index (χ1n) is 6.67. The normalized spacial score (nSPS) is 26.0. The zero-order chi connectivity index (χ0) is 12.1. The summed E-state index contributed by atoms with van der Waals surface area (Å²) in [5, 5.41) is 3.77. The highest BCUT2D eigenvalue weighted by Crippen LogP contribution is 2.25. The average molecular weight is 233 g/mol. The third kappa shape index (κ3) is 3.30. The Labute approximate surface area is 104 Å². The van der Waals surface area contributed by atoms with Gasteiger partial charge in [-0.15, -0.1) is 0 Å². The maximum absolute atomic E-state index is 5.42. The van der Waals surface area contributed by atoms with Gasteiger partial charge in [-0.25, -0.2) is 0 Å². The van der Waals surface area contributed by atoms with Crippen molar-refractivity contribution >= 4 is 0 Å². The monoisotopic (exact) mass is 233 g/mol. The van der Waals surface area contributed by atoms with Gasteiger partial charge in [0, 0.05) is 19.2 Å². The van der Waals surface area contributed by atoms with E-state index in [0.717, 1.165) is 12.8 Å². The highest BCUT2D eigenvalue weighted by molar-refractivity contribution is 5.19. The lowest BCUT2D eigenvalue weighted by Crippen LogP contribution is -2.31. The van der Waals surface area contributed by atoms with E-state index < -0.39 is 0 Å². The summed E-state index contributed by atoms with van der Waals surface area (Å²) >= 11 is 0. The number of nitrogens with one attached hydrogen (secondary N) is 1. The first kappa shape index (κ1) is 12.6. The fraction of sp³-hybridized carbons (Fsp3) is 0.600. The van der Waals surface area contributed by atoms with Gasteiger partial charge in [0.1, 0.15) is 0 Å². The van der Waals surface area contributed by atoms with Gasteiger partial charge >= 0.3 is 0 Å². The van der Waals surface area contributed by atoms with Crippen LogP contribution in [-0.4, -0.2) is 19.3 Å². The Morgan fingerprint density at radius 3 is 2.65 bits per heavy atom. The topological polar surface area (TPSA) is 21.3 Å². The Hall–Kier alpha value is -0.860. The molecule has 0 saturated heterocycles. The summed E-state index contributed by atoms with van der Waals surface area (Å²) in [6.07, 6.45) is 5.18. The molecule has 2 heteroatoms. The molecule has 3 atom stereocenters. The summed E-state index contributed by atoms with van der Waals surface area (Å²) in [6.45, 7) is 2.24. The lowest BCUT2D eigenvalue weighted by molar-refractivity contribution is 0.106.